The summed E-state index contributed by atoms with van der Waals surface area (Å²) in [6, 6.07) is 7.62. The van der Waals surface area contributed by atoms with Gasteiger partial charge in [0.1, 0.15) is 17.7 Å². The highest BCUT2D eigenvalue weighted by Gasteiger charge is 2.21. The van der Waals surface area contributed by atoms with E-state index in [2.05, 4.69) is 5.32 Å². The highest BCUT2D eigenvalue weighted by atomic mass is 16.2. The number of benzene rings is 1. The lowest BCUT2D eigenvalue weighted by Gasteiger charge is -2.15. The first-order valence-corrected chi connectivity index (χ1v) is 9.35. The van der Waals surface area contributed by atoms with Crippen LogP contribution in [0, 0.1) is 11.8 Å². The molecule has 0 fully saturated rings. The summed E-state index contributed by atoms with van der Waals surface area (Å²) >= 11 is 0. The molecule has 6 heteroatoms. The molecule has 0 saturated carbocycles. The number of para-hydroxylation sites is 1. The minimum absolute atomic E-state index is 0.0631. The van der Waals surface area contributed by atoms with E-state index in [9.17, 15) is 14.4 Å². The molecule has 0 saturated heterocycles. The fourth-order valence-corrected chi connectivity index (χ4v) is 2.96. The van der Waals surface area contributed by atoms with Gasteiger partial charge in [0.25, 0.3) is 5.91 Å². The number of nitrogens with zero attached hydrogens (tertiary/aromatic N) is 1. The van der Waals surface area contributed by atoms with Crippen molar-refractivity contribution in [3.05, 3.63) is 36.0 Å². The molecule has 0 radical (unpaired) electrons. The van der Waals surface area contributed by atoms with Crippen LogP contribution in [0.5, 0.6) is 0 Å². The Hall–Kier alpha value is -2.31. The number of nitrogens with two attached hydrogens (primary N) is 1. The van der Waals surface area contributed by atoms with Gasteiger partial charge in [-0.1, -0.05) is 32.0 Å². The number of aromatic nitrogens is 1. The third kappa shape index (κ3) is 5.11. The highest BCUT2D eigenvalue weighted by Crippen LogP contribution is 2.24. The van der Waals surface area contributed by atoms with Crippen molar-refractivity contribution in [2.24, 2.45) is 17.6 Å². The fourth-order valence-electron chi connectivity index (χ4n) is 2.96. The molecule has 6 nitrogen and oxygen atoms in total. The molecule has 3 atom stereocenters. The maximum atomic E-state index is 12.8. The zero-order chi connectivity index (χ0) is 20.1. The molecule has 0 aliphatic carbocycles. The Bertz CT molecular complexity index is 840. The van der Waals surface area contributed by atoms with Crippen molar-refractivity contribution in [3.8, 4) is 0 Å². The number of nitrogens with one attached hydrogen (secondary N) is 1. The van der Waals surface area contributed by atoms with Gasteiger partial charge in [0.2, 0.25) is 0 Å². The normalized spacial score (nSPS) is 14.7. The van der Waals surface area contributed by atoms with Crippen LogP contribution in [0.1, 0.15) is 44.5 Å². The van der Waals surface area contributed by atoms with Crippen LogP contribution < -0.4 is 11.1 Å². The largest absolute Gasteiger partial charge is 0.308 e. The maximum Gasteiger partial charge on any atom is 0.262 e. The lowest BCUT2D eigenvalue weighted by molar-refractivity contribution is -0.121. The lowest BCUT2D eigenvalue weighted by atomic mass is 9.98. The minimum atomic E-state index is -0.863. The summed E-state index contributed by atoms with van der Waals surface area (Å²) in [5.41, 5.74) is 7.78. The summed E-state index contributed by atoms with van der Waals surface area (Å²) < 4.78 is 1.56. The highest BCUT2D eigenvalue weighted by molar-refractivity contribution is 5.96. The number of hydrogen-bond donors (Lipinski definition) is 2. The Morgan fingerprint density at radius 3 is 2.33 bits per heavy atom. The minimum Gasteiger partial charge on any atom is -0.308 e. The number of carbonyl (C=O) groups is 3. The van der Waals surface area contributed by atoms with Crippen molar-refractivity contribution >= 4 is 28.4 Å². The molecule has 2 rings (SSSR count). The first-order valence-electron chi connectivity index (χ1n) is 9.35. The second kappa shape index (κ2) is 9.06. The van der Waals surface area contributed by atoms with Crippen molar-refractivity contribution in [2.75, 3.05) is 6.54 Å². The fraction of sp³-hybridized carbons (Fsp3) is 0.476. The number of hydrogen-bond acceptors (Lipinski definition) is 5. The molecule has 0 bridgehead atoms. The van der Waals surface area contributed by atoms with Crippen LogP contribution >= 0.6 is 0 Å². The second-order valence-electron chi connectivity index (χ2n) is 7.33. The van der Waals surface area contributed by atoms with Crippen LogP contribution in [-0.4, -0.2) is 34.8 Å². The summed E-state index contributed by atoms with van der Waals surface area (Å²) in [4.78, 5) is 35.8. The van der Waals surface area contributed by atoms with Gasteiger partial charge < -0.3 is 5.73 Å². The molecule has 0 amide bonds. The Morgan fingerprint density at radius 1 is 1.07 bits per heavy atom. The van der Waals surface area contributed by atoms with Gasteiger partial charge in [0.05, 0.1) is 5.52 Å². The van der Waals surface area contributed by atoms with E-state index in [1.165, 1.54) is 0 Å². The van der Waals surface area contributed by atoms with E-state index >= 15 is 0 Å². The molecule has 146 valence electrons. The average Bonchev–Trinajstić information content (AvgIpc) is 2.99. The first-order chi connectivity index (χ1) is 12.7. The van der Waals surface area contributed by atoms with E-state index in [-0.39, 0.29) is 29.3 Å². The summed E-state index contributed by atoms with van der Waals surface area (Å²) in [6.07, 6.45) is 2.13. The predicted octanol–water partition coefficient (Wildman–Crippen LogP) is 2.54. The van der Waals surface area contributed by atoms with E-state index in [4.69, 9.17) is 5.73 Å². The Labute approximate surface area is 160 Å². The predicted molar refractivity (Wildman–Crippen MR) is 107 cm³/mol. The van der Waals surface area contributed by atoms with Crippen molar-refractivity contribution in [1.82, 2.24) is 9.88 Å². The van der Waals surface area contributed by atoms with Crippen molar-refractivity contribution in [1.29, 1.82) is 0 Å². The smallest absolute Gasteiger partial charge is 0.262 e. The van der Waals surface area contributed by atoms with Gasteiger partial charge in [-0.05, 0) is 44.9 Å². The topological polar surface area (TPSA) is 94.2 Å². The SMILES string of the molecule is CC(=O)[C@@H](C)CCNC(N)C(=O)n1cc(C[C@H](C)C(C)=O)c2ccccc21. The molecule has 0 aliphatic heterocycles. The van der Waals surface area contributed by atoms with E-state index in [0.29, 0.717) is 19.4 Å². The van der Waals surface area contributed by atoms with Crippen LogP contribution in [0.15, 0.2) is 30.5 Å². The molecule has 1 unspecified atom stereocenters. The number of fused-ring (bicyclic) bond motifs is 1. The number of Topliss-reactive ketones (excluding diaryl/α,β-unsaturated/α-hetero) is 2. The van der Waals surface area contributed by atoms with Crippen LogP contribution in [-0.2, 0) is 16.0 Å². The second-order valence-corrected chi connectivity index (χ2v) is 7.33. The Morgan fingerprint density at radius 2 is 1.70 bits per heavy atom. The first kappa shape index (κ1) is 21.0. The number of ketones is 2. The standard InChI is InChI=1S/C21H29N3O3/c1-13(15(3)25)9-10-23-20(22)21(27)24-12-17(11-14(2)16(4)26)18-7-5-6-8-19(18)24/h5-8,12-14,20,23H,9-11,22H2,1-4H3/t13-,14-,20?/m0/s1. The van der Waals surface area contributed by atoms with Crippen molar-refractivity contribution < 1.29 is 14.4 Å². The van der Waals surface area contributed by atoms with Crippen LogP contribution in [0.25, 0.3) is 10.9 Å². The quantitative estimate of drug-likeness (QED) is 0.661. The van der Waals surface area contributed by atoms with Gasteiger partial charge in [-0.25, -0.2) is 0 Å². The third-order valence-electron chi connectivity index (χ3n) is 5.15. The van der Waals surface area contributed by atoms with E-state index < -0.39 is 6.17 Å². The van der Waals surface area contributed by atoms with E-state index in [1.54, 1.807) is 24.6 Å². The van der Waals surface area contributed by atoms with Crippen molar-refractivity contribution in [2.45, 2.75) is 46.7 Å². The summed E-state index contributed by atoms with van der Waals surface area (Å²) in [5.74, 6) is -0.192. The Kier molecular flexibility index (Phi) is 7.05. The van der Waals surface area contributed by atoms with Crippen LogP contribution in [0.4, 0.5) is 0 Å². The molecule has 1 heterocycles. The summed E-state index contributed by atoms with van der Waals surface area (Å²) in [6.45, 7) is 7.38. The third-order valence-corrected chi connectivity index (χ3v) is 5.15. The molecule has 2 aromatic rings. The summed E-state index contributed by atoms with van der Waals surface area (Å²) in [7, 11) is 0. The van der Waals surface area contributed by atoms with E-state index in [1.807, 2.05) is 38.1 Å². The Balaban J connectivity index is 2.18. The molecule has 1 aromatic heterocycles. The van der Waals surface area contributed by atoms with Crippen molar-refractivity contribution in [3.63, 3.8) is 0 Å². The monoisotopic (exact) mass is 371 g/mol. The number of carbonyl (C=O) groups excluding carboxylic acids is 3. The zero-order valence-electron chi connectivity index (χ0n) is 16.5. The van der Waals surface area contributed by atoms with Gasteiger partial charge in [-0.2, -0.15) is 0 Å². The molecule has 27 heavy (non-hydrogen) atoms. The maximum absolute atomic E-state index is 12.8. The van der Waals surface area contributed by atoms with Gasteiger partial charge >= 0.3 is 0 Å². The van der Waals surface area contributed by atoms with E-state index in [0.717, 1.165) is 16.5 Å². The lowest BCUT2D eigenvalue weighted by Crippen LogP contribution is -2.47. The van der Waals surface area contributed by atoms with Crippen LogP contribution in [0.3, 0.4) is 0 Å². The molecule has 0 aliphatic rings. The van der Waals surface area contributed by atoms with Gasteiger partial charge in [-0.3, -0.25) is 24.3 Å². The van der Waals surface area contributed by atoms with Gasteiger partial charge in [0, 0.05) is 23.4 Å². The zero-order valence-corrected chi connectivity index (χ0v) is 16.5. The molecule has 3 N–H and O–H groups in total. The molecular weight excluding hydrogens is 342 g/mol. The van der Waals surface area contributed by atoms with Gasteiger partial charge in [0.15, 0.2) is 0 Å². The van der Waals surface area contributed by atoms with Gasteiger partial charge in [-0.15, -0.1) is 0 Å². The molecule has 1 aromatic carbocycles. The molecular formula is C21H29N3O3. The molecule has 0 spiro atoms. The van der Waals surface area contributed by atoms with Crippen LogP contribution in [0.2, 0.25) is 0 Å². The summed E-state index contributed by atoms with van der Waals surface area (Å²) in [5, 5.41) is 3.96. The number of rotatable bonds is 9. The average molecular weight is 371 g/mol.